The first-order chi connectivity index (χ1) is 6.72. The van der Waals surface area contributed by atoms with Crippen molar-refractivity contribution in [2.24, 2.45) is 5.73 Å². The van der Waals surface area contributed by atoms with E-state index in [1.165, 1.54) is 6.07 Å². The zero-order chi connectivity index (χ0) is 10.1. The summed E-state index contributed by atoms with van der Waals surface area (Å²) in [5.41, 5.74) is 6.81. The minimum Gasteiger partial charge on any atom is -0.491 e. The maximum Gasteiger partial charge on any atom is 0.165 e. The predicted molar refractivity (Wildman–Crippen MR) is 52.9 cm³/mol. The van der Waals surface area contributed by atoms with Crippen LogP contribution in [0.2, 0.25) is 0 Å². The summed E-state index contributed by atoms with van der Waals surface area (Å²) in [6, 6.07) is 5.24. The highest BCUT2D eigenvalue weighted by Crippen LogP contribution is 2.40. The summed E-state index contributed by atoms with van der Waals surface area (Å²) in [6.07, 6.45) is 0.997. The largest absolute Gasteiger partial charge is 0.491 e. The zero-order valence-corrected chi connectivity index (χ0v) is 8.16. The van der Waals surface area contributed by atoms with Crippen LogP contribution in [0.5, 0.6) is 5.75 Å². The second-order valence-corrected chi connectivity index (χ2v) is 3.63. The van der Waals surface area contributed by atoms with Gasteiger partial charge in [-0.2, -0.15) is 0 Å². The third kappa shape index (κ3) is 1.73. The molecule has 0 amide bonds. The number of hydrogen-bond acceptors (Lipinski definition) is 2. The molecule has 0 bridgehead atoms. The molecule has 1 saturated carbocycles. The molecule has 2 nitrogen and oxygen atoms in total. The minimum atomic E-state index is -0.301. The number of halogens is 1. The van der Waals surface area contributed by atoms with Gasteiger partial charge in [0.2, 0.25) is 0 Å². The molecule has 2 atom stereocenters. The highest BCUT2D eigenvalue weighted by atomic mass is 19.1. The fraction of sp³-hybridized carbons (Fsp3) is 0.455. The molecule has 1 fully saturated rings. The molecule has 0 saturated heterocycles. The molecule has 0 aliphatic heterocycles. The van der Waals surface area contributed by atoms with Crippen molar-refractivity contribution in [2.45, 2.75) is 25.3 Å². The molecular formula is C11H14FNO. The van der Waals surface area contributed by atoms with Gasteiger partial charge in [-0.25, -0.2) is 4.39 Å². The molecular weight excluding hydrogens is 181 g/mol. The van der Waals surface area contributed by atoms with Gasteiger partial charge in [0.05, 0.1) is 6.61 Å². The summed E-state index contributed by atoms with van der Waals surface area (Å²) in [4.78, 5) is 0. The Morgan fingerprint density at radius 1 is 1.57 bits per heavy atom. The van der Waals surface area contributed by atoms with Crippen molar-refractivity contribution in [3.05, 3.63) is 29.6 Å². The molecule has 76 valence electrons. The smallest absolute Gasteiger partial charge is 0.165 e. The van der Waals surface area contributed by atoms with Gasteiger partial charge in [0.25, 0.3) is 0 Å². The molecule has 0 unspecified atom stereocenters. The van der Waals surface area contributed by atoms with Gasteiger partial charge in [0, 0.05) is 12.0 Å². The van der Waals surface area contributed by atoms with Crippen molar-refractivity contribution in [2.75, 3.05) is 6.61 Å². The molecule has 2 N–H and O–H groups in total. The third-order valence-corrected chi connectivity index (χ3v) is 2.52. The van der Waals surface area contributed by atoms with Crippen molar-refractivity contribution in [1.82, 2.24) is 0 Å². The second-order valence-electron chi connectivity index (χ2n) is 3.63. The van der Waals surface area contributed by atoms with Crippen LogP contribution in [0.3, 0.4) is 0 Å². The van der Waals surface area contributed by atoms with Crippen LogP contribution < -0.4 is 10.5 Å². The molecule has 0 heterocycles. The van der Waals surface area contributed by atoms with E-state index in [1.807, 2.05) is 6.92 Å². The summed E-state index contributed by atoms with van der Waals surface area (Å²) < 4.78 is 18.4. The van der Waals surface area contributed by atoms with Gasteiger partial charge in [-0.3, -0.25) is 0 Å². The number of benzene rings is 1. The number of rotatable bonds is 3. The van der Waals surface area contributed by atoms with Gasteiger partial charge in [0.1, 0.15) is 0 Å². The molecule has 0 aromatic heterocycles. The zero-order valence-electron chi connectivity index (χ0n) is 8.16. The molecule has 0 radical (unpaired) electrons. The maximum atomic E-state index is 13.2. The summed E-state index contributed by atoms with van der Waals surface area (Å²) in [5, 5.41) is 0. The standard InChI is InChI=1S/C11H14FNO/c1-2-14-11-5-7(3-4-9(11)12)8-6-10(8)13/h3-5,8,10H,2,6,13H2,1H3/t8-,10-/m1/s1. The van der Waals surface area contributed by atoms with Crippen LogP contribution in [-0.4, -0.2) is 12.6 Å². The number of ether oxygens (including phenoxy) is 1. The maximum absolute atomic E-state index is 13.2. The highest BCUT2D eigenvalue weighted by molar-refractivity contribution is 5.36. The van der Waals surface area contributed by atoms with Crippen LogP contribution in [0.1, 0.15) is 24.8 Å². The average Bonchev–Trinajstić information content (AvgIpc) is 2.87. The Balaban J connectivity index is 2.22. The molecule has 1 aliphatic carbocycles. The lowest BCUT2D eigenvalue weighted by Gasteiger charge is -2.06. The lowest BCUT2D eigenvalue weighted by molar-refractivity contribution is 0.321. The lowest BCUT2D eigenvalue weighted by Crippen LogP contribution is -2.02. The lowest BCUT2D eigenvalue weighted by atomic mass is 10.1. The van der Waals surface area contributed by atoms with Crippen LogP contribution in [0, 0.1) is 5.82 Å². The van der Waals surface area contributed by atoms with E-state index in [1.54, 1.807) is 12.1 Å². The van der Waals surface area contributed by atoms with Crippen LogP contribution in [0.15, 0.2) is 18.2 Å². The summed E-state index contributed by atoms with van der Waals surface area (Å²) in [7, 11) is 0. The van der Waals surface area contributed by atoms with E-state index >= 15 is 0 Å². The van der Waals surface area contributed by atoms with Gasteiger partial charge < -0.3 is 10.5 Å². The van der Waals surface area contributed by atoms with Gasteiger partial charge in [-0.1, -0.05) is 6.07 Å². The van der Waals surface area contributed by atoms with Crippen molar-refractivity contribution in [3.8, 4) is 5.75 Å². The summed E-state index contributed by atoms with van der Waals surface area (Å²) >= 11 is 0. The van der Waals surface area contributed by atoms with Crippen LogP contribution in [0.4, 0.5) is 4.39 Å². The Labute approximate surface area is 82.9 Å². The molecule has 1 aromatic carbocycles. The molecule has 1 aliphatic rings. The van der Waals surface area contributed by atoms with Crippen molar-refractivity contribution >= 4 is 0 Å². The van der Waals surface area contributed by atoms with E-state index < -0.39 is 0 Å². The fourth-order valence-electron chi connectivity index (χ4n) is 1.61. The molecule has 2 rings (SSSR count). The Kier molecular flexibility index (Phi) is 2.42. The molecule has 14 heavy (non-hydrogen) atoms. The Hall–Kier alpha value is -1.09. The van der Waals surface area contributed by atoms with Crippen LogP contribution in [0.25, 0.3) is 0 Å². The minimum absolute atomic E-state index is 0.245. The van der Waals surface area contributed by atoms with E-state index in [-0.39, 0.29) is 11.9 Å². The van der Waals surface area contributed by atoms with Crippen LogP contribution >= 0.6 is 0 Å². The van der Waals surface area contributed by atoms with Gasteiger partial charge in [-0.05, 0) is 31.0 Å². The molecule has 0 spiro atoms. The van der Waals surface area contributed by atoms with Crippen molar-refractivity contribution < 1.29 is 9.13 Å². The van der Waals surface area contributed by atoms with Gasteiger partial charge in [0.15, 0.2) is 11.6 Å². The predicted octanol–water partition coefficient (Wildman–Crippen LogP) is 2.04. The van der Waals surface area contributed by atoms with Crippen molar-refractivity contribution in [3.63, 3.8) is 0 Å². The fourth-order valence-corrected chi connectivity index (χ4v) is 1.61. The molecule has 1 aromatic rings. The van der Waals surface area contributed by atoms with Gasteiger partial charge in [-0.15, -0.1) is 0 Å². The van der Waals surface area contributed by atoms with E-state index in [9.17, 15) is 4.39 Å². The third-order valence-electron chi connectivity index (χ3n) is 2.52. The second kappa shape index (κ2) is 3.58. The normalized spacial score (nSPS) is 24.8. The highest BCUT2D eigenvalue weighted by Gasteiger charge is 2.35. The van der Waals surface area contributed by atoms with Gasteiger partial charge >= 0.3 is 0 Å². The number of hydrogen-bond donors (Lipinski definition) is 1. The van der Waals surface area contributed by atoms with E-state index in [0.29, 0.717) is 18.3 Å². The van der Waals surface area contributed by atoms with E-state index in [2.05, 4.69) is 0 Å². The Bertz CT molecular complexity index is 340. The molecule has 3 heteroatoms. The topological polar surface area (TPSA) is 35.2 Å². The first-order valence-electron chi connectivity index (χ1n) is 4.90. The van der Waals surface area contributed by atoms with Crippen molar-refractivity contribution in [1.29, 1.82) is 0 Å². The average molecular weight is 195 g/mol. The first kappa shape index (κ1) is 9.46. The van der Waals surface area contributed by atoms with Crippen LogP contribution in [-0.2, 0) is 0 Å². The SMILES string of the molecule is CCOc1cc([C@H]2C[C@H]2N)ccc1F. The summed E-state index contributed by atoms with van der Waals surface area (Å²) in [6.45, 7) is 2.33. The number of nitrogens with two attached hydrogens (primary N) is 1. The van der Waals surface area contributed by atoms with E-state index in [0.717, 1.165) is 12.0 Å². The Morgan fingerprint density at radius 2 is 2.29 bits per heavy atom. The quantitative estimate of drug-likeness (QED) is 0.801. The van der Waals surface area contributed by atoms with E-state index in [4.69, 9.17) is 10.5 Å². The Morgan fingerprint density at radius 3 is 2.86 bits per heavy atom. The first-order valence-corrected chi connectivity index (χ1v) is 4.90. The monoisotopic (exact) mass is 195 g/mol. The summed E-state index contributed by atoms with van der Waals surface area (Å²) in [5.74, 6) is 0.434.